The van der Waals surface area contributed by atoms with Crippen molar-refractivity contribution in [3.8, 4) is 151 Å². The van der Waals surface area contributed by atoms with Gasteiger partial charge in [0.1, 0.15) is 38.9 Å². The molecule has 1 aliphatic rings. The first-order valence-electron chi connectivity index (χ1n) is 50.5. The highest BCUT2D eigenvalue weighted by atomic mass is 32.1. The molecule has 0 N–H and O–H groups in total. The first-order valence-corrected chi connectivity index (χ1v) is 51.4. The smallest absolute Gasteiger partial charge is 0.163 e. The molecular formula is C139H87N7O3S. The van der Waals surface area contributed by atoms with Crippen LogP contribution in [0.4, 0.5) is 0 Å². The molecule has 1 aliphatic carbocycles. The summed E-state index contributed by atoms with van der Waals surface area (Å²) in [5, 5.41) is 11.8. The lowest BCUT2D eigenvalue weighted by Gasteiger charge is -2.32. The van der Waals surface area contributed by atoms with Crippen molar-refractivity contribution in [2.45, 2.75) is 5.41 Å². The maximum atomic E-state index is 6.55. The molecule has 1 unspecified atom stereocenters. The van der Waals surface area contributed by atoms with Crippen LogP contribution in [0.15, 0.2) is 541 Å². The van der Waals surface area contributed by atoms with Crippen LogP contribution in [0, 0.1) is 0 Å². The minimum absolute atomic E-state index is 0.638. The van der Waals surface area contributed by atoms with E-state index in [4.69, 9.17) is 33.2 Å². The molecule has 0 spiro atoms. The highest BCUT2D eigenvalue weighted by Gasteiger charge is 2.49. The number of hydrogen-bond acceptors (Lipinski definition) is 10. The predicted octanol–water partition coefficient (Wildman–Crippen LogP) is 37.0. The number of nitrogens with zero attached hydrogens (tertiary/aromatic N) is 7. The molecule has 0 aliphatic heterocycles. The zero-order chi connectivity index (χ0) is 99.1. The molecule has 20 aromatic carbocycles. The Balaban J connectivity index is 0.000000108. The van der Waals surface area contributed by atoms with Gasteiger partial charge < -0.3 is 17.8 Å². The molecule has 0 saturated carbocycles. The predicted molar refractivity (Wildman–Crippen MR) is 618 cm³/mol. The molecule has 9 aromatic heterocycles. The lowest BCUT2D eigenvalue weighted by molar-refractivity contribution is 0.669. The number of para-hydroxylation sites is 7. The maximum absolute atomic E-state index is 6.55. The number of pyridine rings is 3. The van der Waals surface area contributed by atoms with Gasteiger partial charge in [-0.25, -0.2) is 19.9 Å². The van der Waals surface area contributed by atoms with Crippen LogP contribution in [0.2, 0.25) is 0 Å². The number of benzene rings is 20. The van der Waals surface area contributed by atoms with Crippen molar-refractivity contribution < 1.29 is 13.3 Å². The maximum Gasteiger partial charge on any atom is 0.163 e. The molecule has 702 valence electrons. The van der Waals surface area contributed by atoms with Crippen molar-refractivity contribution in [3.63, 3.8) is 0 Å². The van der Waals surface area contributed by atoms with Gasteiger partial charge in [0.25, 0.3) is 0 Å². The van der Waals surface area contributed by atoms with E-state index in [2.05, 4.69) is 421 Å². The van der Waals surface area contributed by atoms with Gasteiger partial charge in [-0.2, -0.15) is 0 Å². The number of furan rings is 3. The highest BCUT2D eigenvalue weighted by Crippen LogP contribution is 2.58. The molecule has 0 fully saturated rings. The summed E-state index contributed by atoms with van der Waals surface area (Å²) in [5.41, 5.74) is 36.6. The fourth-order valence-electron chi connectivity index (χ4n) is 22.4. The zero-order valence-electron chi connectivity index (χ0n) is 81.0. The van der Waals surface area contributed by atoms with Crippen LogP contribution >= 0.6 is 11.3 Å². The van der Waals surface area contributed by atoms with E-state index in [0.29, 0.717) is 17.5 Å². The second-order valence-corrected chi connectivity index (χ2v) is 39.2. The average Bonchev–Trinajstić information content (AvgIpc) is 1.52. The second kappa shape index (κ2) is 37.2. The Morgan fingerprint density at radius 1 is 0.200 bits per heavy atom. The standard InChI is InChI=1S/C48H31NS.C46H29N3O.C45H27N3O2/c1-3-12-32(13-4-1)34-16-11-17-40(29-34)49-45-20-9-7-18-41(45)44-30-35(23-25-46(44)49)38-26-37(33-14-5-2-6-15-33)27-39(28-38)36-22-24-43-42-19-8-10-21-47(42)50-48(43)31-36;1-4-15-30(16-5-1)43-47-44(31-17-6-2-7-18-31)49-45(48-43)46(33-19-8-3-9-20-33)39-25-12-10-21-35(39)36-28-27-32(29-40(36)46)34-23-14-24-38-37-22-11-13-26-41(37)50-42(34)38;1-3-19-42-34(11-1)36-15-9-13-32(44(36)49-42)30-23-28(24-31(25-30)33-14-10-16-37-35-12-2-4-20-43(35)50-45(33)37)29-26-40(38-17-5-7-21-46-38)48-41(27-29)39-18-6-8-22-47-39/h1-31H;1-29H;1-27H. The Morgan fingerprint density at radius 3 is 1.17 bits per heavy atom. The van der Waals surface area contributed by atoms with E-state index in [1.807, 2.05) is 121 Å². The third-order valence-electron chi connectivity index (χ3n) is 29.3. The molecule has 9 heterocycles. The summed E-state index contributed by atoms with van der Waals surface area (Å²) < 4.78 is 24.7. The highest BCUT2D eigenvalue weighted by molar-refractivity contribution is 7.25. The van der Waals surface area contributed by atoms with Gasteiger partial charge in [-0.05, 0) is 240 Å². The molecule has 30 rings (SSSR count). The molecule has 150 heavy (non-hydrogen) atoms. The molecule has 1 atom stereocenters. The van der Waals surface area contributed by atoms with Crippen LogP contribution in [-0.2, 0) is 5.41 Å². The summed E-state index contributed by atoms with van der Waals surface area (Å²) in [5.74, 6) is 1.96. The van der Waals surface area contributed by atoms with E-state index in [-0.39, 0.29) is 0 Å². The Kier molecular flexibility index (Phi) is 21.8. The van der Waals surface area contributed by atoms with Crippen molar-refractivity contribution in [2.75, 3.05) is 0 Å². The third kappa shape index (κ3) is 15.6. The second-order valence-electron chi connectivity index (χ2n) is 38.1. The normalized spacial score (nSPS) is 12.7. The summed E-state index contributed by atoms with van der Waals surface area (Å²) >= 11 is 1.87. The van der Waals surface area contributed by atoms with Gasteiger partial charge >= 0.3 is 0 Å². The topological polar surface area (TPSA) is 122 Å². The molecule has 0 bridgehead atoms. The van der Waals surface area contributed by atoms with Crippen LogP contribution in [0.5, 0.6) is 0 Å². The summed E-state index contributed by atoms with van der Waals surface area (Å²) in [4.78, 5) is 30.2. The number of thiophene rings is 1. The Morgan fingerprint density at radius 2 is 0.593 bits per heavy atom. The zero-order valence-corrected chi connectivity index (χ0v) is 81.8. The van der Waals surface area contributed by atoms with Crippen LogP contribution in [-0.4, -0.2) is 34.5 Å². The quantitative estimate of drug-likeness (QED) is 0.0987. The minimum atomic E-state index is -0.832. The Bertz CT molecular complexity index is 10000. The van der Waals surface area contributed by atoms with E-state index in [1.54, 1.807) is 12.4 Å². The molecule has 10 nitrogen and oxygen atoms in total. The van der Waals surface area contributed by atoms with Crippen molar-refractivity contribution in [1.29, 1.82) is 0 Å². The molecule has 0 radical (unpaired) electrons. The fraction of sp³-hybridized carbons (Fsp3) is 0.00719. The Hall–Kier alpha value is -19.7. The molecular weight excluding hydrogens is 1850 g/mol. The van der Waals surface area contributed by atoms with E-state index >= 15 is 0 Å². The monoisotopic (exact) mass is 1930 g/mol. The fourth-order valence-corrected chi connectivity index (χ4v) is 23.5. The van der Waals surface area contributed by atoms with Crippen molar-refractivity contribution >= 4 is 119 Å². The summed E-state index contributed by atoms with van der Waals surface area (Å²) in [6, 6.07) is 182. The molecule has 0 amide bonds. The number of rotatable bonds is 15. The number of fused-ring (bicyclic) bond motifs is 18. The average molecular weight is 1940 g/mol. The number of aromatic nitrogens is 7. The first-order chi connectivity index (χ1) is 74.3. The summed E-state index contributed by atoms with van der Waals surface area (Å²) in [6.45, 7) is 0. The minimum Gasteiger partial charge on any atom is -0.455 e. The van der Waals surface area contributed by atoms with Gasteiger partial charge in [-0.15, -0.1) is 11.3 Å². The van der Waals surface area contributed by atoms with Gasteiger partial charge in [-0.1, -0.05) is 376 Å². The van der Waals surface area contributed by atoms with Crippen molar-refractivity contribution in [1.82, 2.24) is 34.5 Å². The van der Waals surface area contributed by atoms with Crippen molar-refractivity contribution in [2.24, 2.45) is 0 Å². The SMILES string of the molecule is c1ccc(-c2cc(-c3cc(-c4cccc5c4oc4ccccc45)cc(-c4cccc5c4oc4ccccc45)c3)cc(-c3ccccn3)n2)nc1.c1ccc(-c2cc(-c3ccc4c(c3)sc3ccccc34)cc(-c3ccc4c(c3)c3ccccc3n4-c3cccc(-c4ccccc4)c3)c2)cc1.c1ccc(-c2nc(-c3ccccc3)nc(C3(c4ccccc4)c4ccccc4-c4ccc(-c5cccc6c5oc5ccccc56)cc43)n2)cc1. The van der Waals surface area contributed by atoms with Crippen LogP contribution in [0.1, 0.15) is 22.5 Å². The van der Waals surface area contributed by atoms with Gasteiger partial charge in [0.05, 0.1) is 33.8 Å². The molecule has 11 heteroatoms. The third-order valence-corrected chi connectivity index (χ3v) is 30.5. The summed E-state index contributed by atoms with van der Waals surface area (Å²) in [6.07, 6.45) is 3.59. The van der Waals surface area contributed by atoms with E-state index in [9.17, 15) is 0 Å². The van der Waals surface area contributed by atoms with E-state index in [0.717, 1.165) is 172 Å². The van der Waals surface area contributed by atoms with Crippen LogP contribution in [0.25, 0.3) is 259 Å². The van der Waals surface area contributed by atoms with Crippen LogP contribution < -0.4 is 0 Å². The van der Waals surface area contributed by atoms with E-state index in [1.165, 1.54) is 92.0 Å². The van der Waals surface area contributed by atoms with Gasteiger partial charge in [0, 0.05) is 109 Å². The molecule has 0 saturated heterocycles. The van der Waals surface area contributed by atoms with Crippen LogP contribution in [0.3, 0.4) is 0 Å². The Labute approximate surface area is 867 Å². The lowest BCUT2D eigenvalue weighted by Crippen LogP contribution is -2.31. The molecule has 29 aromatic rings. The van der Waals surface area contributed by atoms with Crippen molar-refractivity contribution in [3.05, 3.63) is 551 Å². The number of hydrogen-bond donors (Lipinski definition) is 0. The van der Waals surface area contributed by atoms with Gasteiger partial charge in [0.15, 0.2) is 17.5 Å². The summed E-state index contributed by atoms with van der Waals surface area (Å²) in [7, 11) is 0. The van der Waals surface area contributed by atoms with Gasteiger partial charge in [0.2, 0.25) is 0 Å². The largest absolute Gasteiger partial charge is 0.455 e. The first kappa shape index (κ1) is 88.0. The lowest BCUT2D eigenvalue weighted by atomic mass is 9.71. The van der Waals surface area contributed by atoms with E-state index < -0.39 is 5.41 Å². The van der Waals surface area contributed by atoms with Gasteiger partial charge in [-0.3, -0.25) is 9.97 Å².